The van der Waals surface area contributed by atoms with Crippen molar-refractivity contribution in [3.63, 3.8) is 0 Å². The zero-order chi connectivity index (χ0) is 26.5. The minimum absolute atomic E-state index is 0.668. The van der Waals surface area contributed by atoms with E-state index in [-0.39, 0.29) is 0 Å². The first-order chi connectivity index (χ1) is 19.8. The van der Waals surface area contributed by atoms with Crippen LogP contribution in [0.5, 0.6) is 0 Å². The molecule has 3 aromatic heterocycles. The molecule has 0 aliphatic heterocycles. The van der Waals surface area contributed by atoms with Crippen LogP contribution in [0.4, 0.5) is 0 Å². The van der Waals surface area contributed by atoms with Gasteiger partial charge in [0.05, 0.1) is 10.2 Å². The third-order valence-corrected chi connectivity index (χ3v) is 9.14. The maximum absolute atomic E-state index is 4.96. The molecule has 0 N–H and O–H groups in total. The Morgan fingerprint density at radius 3 is 1.55 bits per heavy atom. The summed E-state index contributed by atoms with van der Waals surface area (Å²) in [5.41, 5.74) is 5.10. The second kappa shape index (κ2) is 9.45. The number of fused-ring (bicyclic) bond motifs is 4. The highest BCUT2D eigenvalue weighted by Gasteiger charge is 2.15. The summed E-state index contributed by atoms with van der Waals surface area (Å²) in [6, 6.07) is 41.6. The van der Waals surface area contributed by atoms with Gasteiger partial charge in [0.15, 0.2) is 17.5 Å². The van der Waals surface area contributed by atoms with Crippen LogP contribution >= 0.6 is 22.7 Å². The summed E-state index contributed by atoms with van der Waals surface area (Å²) in [5, 5.41) is 3.51. The first kappa shape index (κ1) is 23.1. The summed E-state index contributed by atoms with van der Waals surface area (Å²) in [4.78, 5) is 19.6. The fourth-order valence-electron chi connectivity index (χ4n) is 4.98. The summed E-state index contributed by atoms with van der Waals surface area (Å²) in [6.45, 7) is 0. The van der Waals surface area contributed by atoms with Gasteiger partial charge >= 0.3 is 0 Å². The van der Waals surface area contributed by atoms with E-state index in [1.807, 2.05) is 66.7 Å². The van der Waals surface area contributed by atoms with Gasteiger partial charge in [-0.05, 0) is 18.2 Å². The van der Waals surface area contributed by atoms with Crippen molar-refractivity contribution in [2.24, 2.45) is 0 Å². The summed E-state index contributed by atoms with van der Waals surface area (Å²) in [6.07, 6.45) is 0. The van der Waals surface area contributed by atoms with Gasteiger partial charge in [-0.2, -0.15) is 0 Å². The van der Waals surface area contributed by atoms with Crippen LogP contribution in [0.2, 0.25) is 0 Å². The number of hydrogen-bond acceptors (Lipinski definition) is 6. The molecule has 0 saturated carbocycles. The molecule has 40 heavy (non-hydrogen) atoms. The zero-order valence-corrected chi connectivity index (χ0v) is 22.8. The van der Waals surface area contributed by atoms with Crippen LogP contribution in [0.3, 0.4) is 0 Å². The Balaban J connectivity index is 1.26. The van der Waals surface area contributed by atoms with Crippen LogP contribution in [0, 0.1) is 0 Å². The quantitative estimate of drug-likeness (QED) is 0.220. The van der Waals surface area contributed by atoms with Crippen molar-refractivity contribution in [1.29, 1.82) is 0 Å². The van der Waals surface area contributed by atoms with E-state index >= 15 is 0 Å². The van der Waals surface area contributed by atoms with Gasteiger partial charge < -0.3 is 0 Å². The van der Waals surface area contributed by atoms with E-state index in [4.69, 9.17) is 19.9 Å². The molecule has 5 aromatic carbocycles. The molecular formula is C34H20N4S2. The van der Waals surface area contributed by atoms with Crippen molar-refractivity contribution < 1.29 is 0 Å². The standard InChI is InChI=1S/C34H20N4S2/c1-4-10-21(11-5-1)31-36-32(22-12-6-2-7-13-22)38-33(37-31)24-16-17-25-26-19-27-30(20-29(26)39-28(25)18-24)40-34(35-27)23-14-8-3-9-15-23/h1-20H. The van der Waals surface area contributed by atoms with Gasteiger partial charge in [0, 0.05) is 42.4 Å². The van der Waals surface area contributed by atoms with Crippen LogP contribution in [-0.4, -0.2) is 19.9 Å². The number of rotatable bonds is 4. The van der Waals surface area contributed by atoms with Gasteiger partial charge in [0.1, 0.15) is 5.01 Å². The largest absolute Gasteiger partial charge is 0.236 e. The Hall–Kier alpha value is -4.78. The monoisotopic (exact) mass is 548 g/mol. The van der Waals surface area contributed by atoms with Crippen molar-refractivity contribution in [3.05, 3.63) is 121 Å². The Labute approximate surface area is 238 Å². The molecule has 0 atom stereocenters. The lowest BCUT2D eigenvalue weighted by Gasteiger charge is -2.08. The van der Waals surface area contributed by atoms with E-state index in [1.165, 1.54) is 24.9 Å². The minimum atomic E-state index is 0.668. The summed E-state index contributed by atoms with van der Waals surface area (Å²) >= 11 is 3.54. The van der Waals surface area contributed by atoms with Gasteiger partial charge in [0.25, 0.3) is 0 Å². The lowest BCUT2D eigenvalue weighted by molar-refractivity contribution is 1.07. The molecule has 8 rings (SSSR count). The lowest BCUT2D eigenvalue weighted by Crippen LogP contribution is -1.99. The Morgan fingerprint density at radius 1 is 0.375 bits per heavy atom. The van der Waals surface area contributed by atoms with Crippen LogP contribution < -0.4 is 0 Å². The highest BCUT2D eigenvalue weighted by Crippen LogP contribution is 2.40. The lowest BCUT2D eigenvalue weighted by atomic mass is 10.1. The van der Waals surface area contributed by atoms with Crippen LogP contribution in [0.25, 0.3) is 75.1 Å². The smallest absolute Gasteiger partial charge is 0.164 e. The molecule has 0 amide bonds. The fraction of sp³-hybridized carbons (Fsp3) is 0. The molecule has 3 heterocycles. The highest BCUT2D eigenvalue weighted by molar-refractivity contribution is 7.26. The van der Waals surface area contributed by atoms with Gasteiger partial charge in [-0.3, -0.25) is 0 Å². The first-order valence-corrected chi connectivity index (χ1v) is 14.6. The fourth-order valence-corrected chi connectivity index (χ4v) is 7.21. The summed E-state index contributed by atoms with van der Waals surface area (Å²) in [5.74, 6) is 2.00. The van der Waals surface area contributed by atoms with Crippen molar-refractivity contribution in [1.82, 2.24) is 19.9 Å². The van der Waals surface area contributed by atoms with Gasteiger partial charge in [-0.1, -0.05) is 103 Å². The number of thiazole rings is 1. The van der Waals surface area contributed by atoms with Gasteiger partial charge in [-0.25, -0.2) is 19.9 Å². The molecular weight excluding hydrogens is 529 g/mol. The van der Waals surface area contributed by atoms with E-state index in [9.17, 15) is 0 Å². The molecule has 0 aliphatic rings. The first-order valence-electron chi connectivity index (χ1n) is 13.0. The van der Waals surface area contributed by atoms with Crippen molar-refractivity contribution in [3.8, 4) is 44.7 Å². The number of aromatic nitrogens is 4. The Morgan fingerprint density at radius 2 is 0.925 bits per heavy atom. The maximum atomic E-state index is 4.96. The molecule has 0 saturated heterocycles. The van der Waals surface area contributed by atoms with Crippen LogP contribution in [0.15, 0.2) is 121 Å². The van der Waals surface area contributed by atoms with Crippen molar-refractivity contribution in [2.45, 2.75) is 0 Å². The van der Waals surface area contributed by atoms with Crippen LogP contribution in [-0.2, 0) is 0 Å². The topological polar surface area (TPSA) is 51.6 Å². The molecule has 0 bridgehead atoms. The SMILES string of the molecule is c1ccc(-c2nc(-c3ccccc3)nc(-c3ccc4c(c3)sc3cc5sc(-c6ccccc6)nc5cc34)n2)cc1. The molecule has 4 nitrogen and oxygen atoms in total. The normalized spacial score (nSPS) is 11.5. The molecule has 0 spiro atoms. The number of nitrogens with zero attached hydrogens (tertiary/aromatic N) is 4. The Kier molecular flexibility index (Phi) is 5.47. The predicted molar refractivity (Wildman–Crippen MR) is 168 cm³/mol. The van der Waals surface area contributed by atoms with Gasteiger partial charge in [0.2, 0.25) is 0 Å². The van der Waals surface area contributed by atoms with E-state index in [0.29, 0.717) is 17.5 Å². The maximum Gasteiger partial charge on any atom is 0.164 e. The molecule has 0 unspecified atom stereocenters. The van der Waals surface area contributed by atoms with Gasteiger partial charge in [-0.15, -0.1) is 22.7 Å². The van der Waals surface area contributed by atoms with Crippen molar-refractivity contribution in [2.75, 3.05) is 0 Å². The molecule has 8 aromatic rings. The summed E-state index contributed by atoms with van der Waals surface area (Å²) < 4.78 is 3.67. The molecule has 0 fully saturated rings. The molecule has 0 radical (unpaired) electrons. The van der Waals surface area contributed by atoms with E-state index in [1.54, 1.807) is 22.7 Å². The minimum Gasteiger partial charge on any atom is -0.236 e. The average Bonchev–Trinajstić information content (AvgIpc) is 3.61. The number of benzene rings is 5. The van der Waals surface area contributed by atoms with E-state index in [2.05, 4.69) is 54.6 Å². The molecule has 6 heteroatoms. The van der Waals surface area contributed by atoms with E-state index in [0.717, 1.165) is 32.8 Å². The second-order valence-corrected chi connectivity index (χ2v) is 11.7. The molecule has 0 aliphatic carbocycles. The van der Waals surface area contributed by atoms with Crippen molar-refractivity contribution >= 4 is 53.1 Å². The second-order valence-electron chi connectivity index (χ2n) is 9.55. The average molecular weight is 549 g/mol. The number of hydrogen-bond donors (Lipinski definition) is 0. The summed E-state index contributed by atoms with van der Waals surface area (Å²) in [7, 11) is 0. The Bertz CT molecular complexity index is 2090. The number of thiophene rings is 1. The molecule has 188 valence electrons. The highest BCUT2D eigenvalue weighted by atomic mass is 32.1. The third kappa shape index (κ3) is 4.06. The third-order valence-electron chi connectivity index (χ3n) is 6.96. The van der Waals surface area contributed by atoms with Crippen LogP contribution in [0.1, 0.15) is 0 Å². The van der Waals surface area contributed by atoms with E-state index < -0.39 is 0 Å². The predicted octanol–water partition coefficient (Wildman–Crippen LogP) is 9.52. The zero-order valence-electron chi connectivity index (χ0n) is 21.2.